The molecule has 0 spiro atoms. The molecule has 0 aliphatic carbocycles. The lowest BCUT2D eigenvalue weighted by Gasteiger charge is -2.27. The molecule has 1 amide bonds. The monoisotopic (exact) mass is 513 g/mol. The lowest BCUT2D eigenvalue weighted by atomic mass is 9.85. The topological polar surface area (TPSA) is 93.1 Å². The highest BCUT2D eigenvalue weighted by Crippen LogP contribution is 2.43. The molecule has 1 aliphatic rings. The third-order valence-corrected chi connectivity index (χ3v) is 6.75. The molecule has 1 N–H and O–H groups in total. The van der Waals surface area contributed by atoms with E-state index in [0.29, 0.717) is 22.6 Å². The Balaban J connectivity index is 1.94. The van der Waals surface area contributed by atoms with Gasteiger partial charge in [-0.05, 0) is 65.4 Å². The summed E-state index contributed by atoms with van der Waals surface area (Å²) in [6.07, 6.45) is 0. The number of carbonyl (C=O) groups is 3. The van der Waals surface area contributed by atoms with E-state index in [1.54, 1.807) is 43.5 Å². The van der Waals surface area contributed by atoms with E-state index in [2.05, 4.69) is 20.8 Å². The van der Waals surface area contributed by atoms with Crippen LogP contribution in [0.1, 0.15) is 59.4 Å². The third-order valence-electron chi connectivity index (χ3n) is 6.75. The fraction of sp³-hybridized carbons (Fsp3) is 0.258. The van der Waals surface area contributed by atoms with Gasteiger partial charge in [0.25, 0.3) is 11.7 Å². The molecular formula is C31H31NO6. The molecule has 1 saturated heterocycles. The number of anilines is 1. The molecular weight excluding hydrogens is 482 g/mol. The Labute approximate surface area is 222 Å². The van der Waals surface area contributed by atoms with Crippen LogP contribution >= 0.6 is 0 Å². The van der Waals surface area contributed by atoms with Crippen LogP contribution in [0.2, 0.25) is 0 Å². The quantitative estimate of drug-likeness (QED) is 0.203. The first-order chi connectivity index (χ1) is 18.0. The summed E-state index contributed by atoms with van der Waals surface area (Å²) in [5.41, 5.74) is 3.32. The second kappa shape index (κ2) is 10.2. The third kappa shape index (κ3) is 4.79. The van der Waals surface area contributed by atoms with Crippen molar-refractivity contribution in [3.63, 3.8) is 0 Å². The molecule has 3 aromatic rings. The lowest BCUT2D eigenvalue weighted by Crippen LogP contribution is -2.29. The summed E-state index contributed by atoms with van der Waals surface area (Å²) in [6.45, 7) is 8.12. The number of hydrogen-bond donors (Lipinski definition) is 1. The molecule has 0 aromatic heterocycles. The minimum absolute atomic E-state index is 0.0356. The molecule has 196 valence electrons. The number of benzene rings is 3. The zero-order valence-electron chi connectivity index (χ0n) is 22.4. The van der Waals surface area contributed by atoms with Crippen molar-refractivity contribution in [1.82, 2.24) is 0 Å². The summed E-state index contributed by atoms with van der Waals surface area (Å²) in [5, 5.41) is 11.4. The van der Waals surface area contributed by atoms with Gasteiger partial charge in [0.15, 0.2) is 0 Å². The smallest absolute Gasteiger partial charge is 0.337 e. The highest BCUT2D eigenvalue weighted by molar-refractivity contribution is 6.51. The van der Waals surface area contributed by atoms with Crippen molar-refractivity contribution in [3.8, 4) is 5.75 Å². The first kappa shape index (κ1) is 26.7. The molecule has 1 fully saturated rings. The average Bonchev–Trinajstić information content (AvgIpc) is 3.17. The van der Waals surface area contributed by atoms with Crippen molar-refractivity contribution < 1.29 is 29.0 Å². The Bertz CT molecular complexity index is 1450. The zero-order valence-corrected chi connectivity index (χ0v) is 22.4. The first-order valence-corrected chi connectivity index (χ1v) is 12.2. The molecule has 7 nitrogen and oxygen atoms in total. The Morgan fingerprint density at radius 1 is 0.921 bits per heavy atom. The van der Waals surface area contributed by atoms with Gasteiger partial charge in [-0.25, -0.2) is 4.79 Å². The molecule has 1 atom stereocenters. The zero-order chi connectivity index (χ0) is 27.8. The van der Waals surface area contributed by atoms with E-state index in [1.807, 2.05) is 31.2 Å². The van der Waals surface area contributed by atoms with Crippen LogP contribution in [0.25, 0.3) is 5.76 Å². The number of ketones is 1. The Morgan fingerprint density at radius 3 is 2.18 bits per heavy atom. The minimum atomic E-state index is -0.917. The highest BCUT2D eigenvalue weighted by Gasteiger charge is 2.47. The van der Waals surface area contributed by atoms with Crippen molar-refractivity contribution in [3.05, 3.63) is 100 Å². The van der Waals surface area contributed by atoms with Gasteiger partial charge in [0.2, 0.25) is 0 Å². The molecule has 1 heterocycles. The van der Waals surface area contributed by atoms with Crippen molar-refractivity contribution in [2.24, 2.45) is 0 Å². The van der Waals surface area contributed by atoms with Gasteiger partial charge in [-0.3, -0.25) is 14.5 Å². The van der Waals surface area contributed by atoms with Crippen LogP contribution < -0.4 is 9.64 Å². The van der Waals surface area contributed by atoms with E-state index >= 15 is 0 Å². The average molecular weight is 514 g/mol. The fourth-order valence-corrected chi connectivity index (χ4v) is 4.66. The van der Waals surface area contributed by atoms with Crippen LogP contribution in [0.5, 0.6) is 5.75 Å². The molecule has 4 rings (SSSR count). The summed E-state index contributed by atoms with van der Waals surface area (Å²) in [4.78, 5) is 40.5. The number of aliphatic hydroxyl groups excluding tert-OH is 1. The van der Waals surface area contributed by atoms with Gasteiger partial charge >= 0.3 is 5.97 Å². The lowest BCUT2D eigenvalue weighted by molar-refractivity contribution is -0.132. The number of aliphatic hydroxyl groups is 1. The van der Waals surface area contributed by atoms with Crippen LogP contribution in [-0.4, -0.2) is 37.0 Å². The molecule has 0 radical (unpaired) electrons. The summed E-state index contributed by atoms with van der Waals surface area (Å²) in [7, 11) is 2.83. The predicted octanol–water partition coefficient (Wildman–Crippen LogP) is 5.71. The number of aryl methyl sites for hydroxylation is 1. The number of hydrogen-bond acceptors (Lipinski definition) is 6. The van der Waals surface area contributed by atoms with Gasteiger partial charge in [-0.15, -0.1) is 0 Å². The summed E-state index contributed by atoms with van der Waals surface area (Å²) in [5.74, 6) is -1.84. The molecule has 7 heteroatoms. The number of Topliss-reactive ketones (excluding diaryl/α,β-unsaturated/α-hetero) is 1. The largest absolute Gasteiger partial charge is 0.507 e. The number of carbonyl (C=O) groups excluding carboxylic acids is 3. The number of esters is 1. The molecule has 1 aliphatic heterocycles. The standard InChI is InChI=1S/C31H31NO6/c1-18-16-20(12-15-24(18)37-5)27(33)25-26(19-10-13-22(14-11-19)31(2,3)4)32(29(35)28(25)34)23-9-7-8-21(17-23)30(36)38-6/h7-17,26,33H,1-6H3/b27-25+. The molecule has 38 heavy (non-hydrogen) atoms. The molecule has 1 unspecified atom stereocenters. The summed E-state index contributed by atoms with van der Waals surface area (Å²) in [6, 6.07) is 18.1. The number of rotatable bonds is 5. The van der Waals surface area contributed by atoms with E-state index in [-0.39, 0.29) is 22.3 Å². The van der Waals surface area contributed by atoms with Crippen LogP contribution in [0, 0.1) is 6.92 Å². The van der Waals surface area contributed by atoms with Gasteiger partial charge in [0.05, 0.1) is 31.4 Å². The van der Waals surface area contributed by atoms with E-state index in [1.165, 1.54) is 18.1 Å². The van der Waals surface area contributed by atoms with Crippen LogP contribution in [-0.2, 0) is 19.7 Å². The van der Waals surface area contributed by atoms with E-state index in [4.69, 9.17) is 9.47 Å². The maximum absolute atomic E-state index is 13.5. The molecule has 0 saturated carbocycles. The van der Waals surface area contributed by atoms with Crippen LogP contribution in [0.15, 0.2) is 72.3 Å². The van der Waals surface area contributed by atoms with Crippen LogP contribution in [0.4, 0.5) is 5.69 Å². The van der Waals surface area contributed by atoms with Gasteiger partial charge in [0.1, 0.15) is 11.5 Å². The second-order valence-electron chi connectivity index (χ2n) is 10.3. The Morgan fingerprint density at radius 2 is 1.61 bits per heavy atom. The summed E-state index contributed by atoms with van der Waals surface area (Å²) < 4.78 is 10.2. The highest BCUT2D eigenvalue weighted by atomic mass is 16.5. The van der Waals surface area contributed by atoms with Crippen molar-refractivity contribution in [1.29, 1.82) is 0 Å². The van der Waals surface area contributed by atoms with Gasteiger partial charge in [-0.1, -0.05) is 51.1 Å². The Kier molecular flexibility index (Phi) is 7.14. The fourth-order valence-electron chi connectivity index (χ4n) is 4.66. The second-order valence-corrected chi connectivity index (χ2v) is 10.3. The van der Waals surface area contributed by atoms with Gasteiger partial charge in [0, 0.05) is 11.3 Å². The van der Waals surface area contributed by atoms with E-state index in [0.717, 1.165) is 11.1 Å². The number of amides is 1. The molecule has 0 bridgehead atoms. The number of methoxy groups -OCH3 is 2. The normalized spacial score (nSPS) is 17.0. The predicted molar refractivity (Wildman–Crippen MR) is 145 cm³/mol. The maximum atomic E-state index is 13.5. The summed E-state index contributed by atoms with van der Waals surface area (Å²) >= 11 is 0. The Hall–Kier alpha value is -4.39. The minimum Gasteiger partial charge on any atom is -0.507 e. The van der Waals surface area contributed by atoms with Crippen molar-refractivity contribution >= 4 is 29.1 Å². The van der Waals surface area contributed by atoms with Crippen molar-refractivity contribution in [2.75, 3.05) is 19.1 Å². The number of nitrogens with zero attached hydrogens (tertiary/aromatic N) is 1. The van der Waals surface area contributed by atoms with Crippen LogP contribution in [0.3, 0.4) is 0 Å². The SMILES string of the molecule is COC(=O)c1cccc(N2C(=O)C(=O)/C(=C(/O)c3ccc(OC)c(C)c3)C2c2ccc(C(C)(C)C)cc2)c1. The first-order valence-electron chi connectivity index (χ1n) is 12.2. The van der Waals surface area contributed by atoms with Crippen molar-refractivity contribution in [2.45, 2.75) is 39.2 Å². The van der Waals surface area contributed by atoms with Gasteiger partial charge in [-0.2, -0.15) is 0 Å². The maximum Gasteiger partial charge on any atom is 0.337 e. The van der Waals surface area contributed by atoms with Gasteiger partial charge < -0.3 is 14.6 Å². The van der Waals surface area contributed by atoms with E-state index in [9.17, 15) is 19.5 Å². The van der Waals surface area contributed by atoms with E-state index < -0.39 is 23.7 Å². The molecule has 3 aromatic carbocycles. The number of ether oxygens (including phenoxy) is 2.